The summed E-state index contributed by atoms with van der Waals surface area (Å²) in [5, 5.41) is 9.76. The van der Waals surface area contributed by atoms with Crippen molar-refractivity contribution in [3.63, 3.8) is 0 Å². The topological polar surface area (TPSA) is 13.1 Å². The largest absolute Gasteiger partial charge is 0.455 e. The number of furan rings is 1. The summed E-state index contributed by atoms with van der Waals surface area (Å²) >= 11 is 0. The molecule has 0 spiro atoms. The van der Waals surface area contributed by atoms with E-state index in [1.54, 1.807) is 0 Å². The van der Waals surface area contributed by atoms with E-state index in [0.717, 1.165) is 49.0 Å². The molecular formula is C46H28O. The van der Waals surface area contributed by atoms with Crippen LogP contribution in [0, 0.1) is 0 Å². The predicted octanol–water partition coefficient (Wildman–Crippen LogP) is 13.2. The van der Waals surface area contributed by atoms with Crippen LogP contribution >= 0.6 is 0 Å². The van der Waals surface area contributed by atoms with Crippen molar-refractivity contribution >= 4 is 65.0 Å². The molecular weight excluding hydrogens is 569 g/mol. The average molecular weight is 599 g/mol. The zero-order valence-electron chi connectivity index (χ0n) is 27.4. The number of rotatable bonds is 3. The smallest absolute Gasteiger partial charge is 0.143 e. The van der Waals surface area contributed by atoms with Gasteiger partial charge in [-0.3, -0.25) is 0 Å². The lowest BCUT2D eigenvalue weighted by Gasteiger charge is -2.18. The van der Waals surface area contributed by atoms with Crippen LogP contribution in [0.25, 0.3) is 98.4 Å². The Morgan fingerprint density at radius 1 is 0.340 bits per heavy atom. The molecule has 0 radical (unpaired) electrons. The summed E-state index contributed by atoms with van der Waals surface area (Å²) < 4.78 is 25.1. The molecule has 0 aliphatic rings. The lowest BCUT2D eigenvalue weighted by Crippen LogP contribution is -1.91. The molecule has 218 valence electrons. The van der Waals surface area contributed by atoms with Gasteiger partial charge in [0.25, 0.3) is 0 Å². The summed E-state index contributed by atoms with van der Waals surface area (Å²) in [6.07, 6.45) is 0. The summed E-state index contributed by atoms with van der Waals surface area (Å²) in [4.78, 5) is 0. The van der Waals surface area contributed by atoms with E-state index < -0.39 is 0 Å². The predicted molar refractivity (Wildman–Crippen MR) is 200 cm³/mol. The summed E-state index contributed by atoms with van der Waals surface area (Å²) in [6.45, 7) is 0. The SMILES string of the molecule is [2H]c1c2ccc(-c3c4ccccc4c(-c4cccc(-c5ccccc5)c4)c4ccccc34)cc2c([2H])c2c1oc1c3ccccc3ccc12. The van der Waals surface area contributed by atoms with Crippen molar-refractivity contribution < 1.29 is 7.16 Å². The van der Waals surface area contributed by atoms with Gasteiger partial charge in [0.05, 0.1) is 2.74 Å². The van der Waals surface area contributed by atoms with Crippen LogP contribution in [0.5, 0.6) is 0 Å². The van der Waals surface area contributed by atoms with E-state index in [4.69, 9.17) is 4.42 Å². The van der Waals surface area contributed by atoms with Crippen LogP contribution in [0.3, 0.4) is 0 Å². The molecule has 0 bridgehead atoms. The van der Waals surface area contributed by atoms with Crippen molar-refractivity contribution in [3.05, 3.63) is 170 Å². The van der Waals surface area contributed by atoms with Crippen molar-refractivity contribution in [3.8, 4) is 33.4 Å². The van der Waals surface area contributed by atoms with Gasteiger partial charge in [0.15, 0.2) is 0 Å². The molecule has 0 N–H and O–H groups in total. The lowest BCUT2D eigenvalue weighted by atomic mass is 9.85. The first-order valence-corrected chi connectivity index (χ1v) is 16.0. The molecule has 10 aromatic rings. The minimum Gasteiger partial charge on any atom is -0.455 e. The first-order valence-electron chi connectivity index (χ1n) is 17.0. The Morgan fingerprint density at radius 2 is 0.915 bits per heavy atom. The van der Waals surface area contributed by atoms with Crippen LogP contribution in [-0.4, -0.2) is 0 Å². The van der Waals surface area contributed by atoms with Crippen LogP contribution in [0.1, 0.15) is 2.74 Å². The summed E-state index contributed by atoms with van der Waals surface area (Å²) in [5.41, 5.74) is 8.11. The second-order valence-electron chi connectivity index (χ2n) is 12.3. The molecule has 0 aliphatic heterocycles. The molecule has 0 saturated heterocycles. The zero-order valence-corrected chi connectivity index (χ0v) is 25.4. The maximum atomic E-state index is 9.52. The molecule has 1 aromatic heterocycles. The third-order valence-corrected chi connectivity index (χ3v) is 9.59. The molecule has 0 amide bonds. The van der Waals surface area contributed by atoms with E-state index in [2.05, 4.69) is 127 Å². The highest BCUT2D eigenvalue weighted by molar-refractivity contribution is 6.22. The quantitative estimate of drug-likeness (QED) is 0.184. The molecule has 0 aliphatic carbocycles. The fraction of sp³-hybridized carbons (Fsp3) is 0. The van der Waals surface area contributed by atoms with E-state index in [0.29, 0.717) is 28.4 Å². The number of hydrogen-bond donors (Lipinski definition) is 0. The molecule has 0 atom stereocenters. The molecule has 1 heterocycles. The van der Waals surface area contributed by atoms with Crippen LogP contribution in [0.2, 0.25) is 0 Å². The van der Waals surface area contributed by atoms with Crippen LogP contribution < -0.4 is 0 Å². The maximum Gasteiger partial charge on any atom is 0.143 e. The molecule has 9 aromatic carbocycles. The van der Waals surface area contributed by atoms with Gasteiger partial charge in [0, 0.05) is 16.2 Å². The van der Waals surface area contributed by atoms with Gasteiger partial charge in [-0.25, -0.2) is 0 Å². The highest BCUT2D eigenvalue weighted by Gasteiger charge is 2.18. The molecule has 0 fully saturated rings. The van der Waals surface area contributed by atoms with Gasteiger partial charge in [0.1, 0.15) is 11.2 Å². The van der Waals surface area contributed by atoms with Gasteiger partial charge in [-0.15, -0.1) is 0 Å². The van der Waals surface area contributed by atoms with E-state index in [1.807, 2.05) is 30.3 Å². The summed E-state index contributed by atoms with van der Waals surface area (Å²) in [7, 11) is 0. The van der Waals surface area contributed by atoms with Crippen molar-refractivity contribution in [1.82, 2.24) is 0 Å². The van der Waals surface area contributed by atoms with Gasteiger partial charge >= 0.3 is 0 Å². The van der Waals surface area contributed by atoms with Gasteiger partial charge < -0.3 is 4.42 Å². The molecule has 0 saturated carbocycles. The number of fused-ring (bicyclic) bond motifs is 8. The van der Waals surface area contributed by atoms with E-state index in [1.165, 1.54) is 33.0 Å². The fourth-order valence-corrected chi connectivity index (χ4v) is 7.44. The Bertz CT molecular complexity index is 2900. The summed E-state index contributed by atoms with van der Waals surface area (Å²) in [5.74, 6) is 0. The number of benzene rings is 9. The van der Waals surface area contributed by atoms with Crippen LogP contribution in [0.15, 0.2) is 174 Å². The van der Waals surface area contributed by atoms with Gasteiger partial charge in [-0.1, -0.05) is 140 Å². The highest BCUT2D eigenvalue weighted by atomic mass is 16.3. The molecule has 47 heavy (non-hydrogen) atoms. The minimum atomic E-state index is 0.316. The van der Waals surface area contributed by atoms with Gasteiger partial charge in [-0.2, -0.15) is 0 Å². The Hall–Kier alpha value is -6.18. The Balaban J connectivity index is 1.25. The normalized spacial score (nSPS) is 12.4. The maximum absolute atomic E-state index is 9.52. The van der Waals surface area contributed by atoms with E-state index in [9.17, 15) is 2.74 Å². The second-order valence-corrected chi connectivity index (χ2v) is 12.3. The minimum absolute atomic E-state index is 0.316. The van der Waals surface area contributed by atoms with Gasteiger partial charge in [-0.05, 0) is 101 Å². The molecule has 1 heteroatoms. The van der Waals surface area contributed by atoms with Crippen LogP contribution in [0.4, 0.5) is 0 Å². The summed E-state index contributed by atoms with van der Waals surface area (Å²) in [6, 6.07) is 55.8. The lowest BCUT2D eigenvalue weighted by molar-refractivity contribution is 0.673. The standard InChI is InChI=1S/C46H28O/c1-2-11-29(12-3-1)31-14-10-15-33(25-31)44-37-17-6-8-19-39(37)45(40-20-9-7-18-38(40)44)34-22-21-32-28-43-42(27-35(32)26-34)41-24-23-30-13-4-5-16-36(30)46(41)47-43/h1-28H/i27D,28D. The molecule has 0 unspecified atom stereocenters. The van der Waals surface area contributed by atoms with E-state index >= 15 is 0 Å². The third kappa shape index (κ3) is 4.03. The van der Waals surface area contributed by atoms with Crippen molar-refractivity contribution in [2.45, 2.75) is 0 Å². The van der Waals surface area contributed by atoms with Crippen molar-refractivity contribution in [1.29, 1.82) is 0 Å². The molecule has 10 rings (SSSR count). The Labute approximate surface area is 274 Å². The van der Waals surface area contributed by atoms with E-state index in [-0.39, 0.29) is 0 Å². The Morgan fingerprint density at radius 3 is 1.64 bits per heavy atom. The first-order chi connectivity index (χ1) is 24.2. The Kier molecular flexibility index (Phi) is 5.21. The van der Waals surface area contributed by atoms with Gasteiger partial charge in [0.2, 0.25) is 0 Å². The average Bonchev–Trinajstić information content (AvgIpc) is 3.57. The monoisotopic (exact) mass is 598 g/mol. The first kappa shape index (κ1) is 24.1. The van der Waals surface area contributed by atoms with Crippen LogP contribution in [-0.2, 0) is 0 Å². The van der Waals surface area contributed by atoms with Crippen molar-refractivity contribution in [2.24, 2.45) is 0 Å². The third-order valence-electron chi connectivity index (χ3n) is 9.59. The number of hydrogen-bond acceptors (Lipinski definition) is 1. The fourth-order valence-electron chi connectivity index (χ4n) is 7.44. The zero-order chi connectivity index (χ0) is 32.6. The van der Waals surface area contributed by atoms with Crippen molar-refractivity contribution in [2.75, 3.05) is 0 Å². The second kappa shape index (κ2) is 10.2. The highest BCUT2D eigenvalue weighted by Crippen LogP contribution is 2.45. The molecule has 1 nitrogen and oxygen atoms in total.